The van der Waals surface area contributed by atoms with Gasteiger partial charge in [0, 0.05) is 54.3 Å². The first-order valence-electron chi connectivity index (χ1n) is 12.2. The van der Waals surface area contributed by atoms with Gasteiger partial charge >= 0.3 is 0 Å². The lowest BCUT2D eigenvalue weighted by atomic mass is 9.91. The number of pyridine rings is 1. The van der Waals surface area contributed by atoms with Crippen molar-refractivity contribution < 1.29 is 18.3 Å². The Morgan fingerprint density at radius 1 is 1.21 bits per heavy atom. The molecule has 3 N–H and O–H groups in total. The van der Waals surface area contributed by atoms with E-state index in [4.69, 9.17) is 15.2 Å². The van der Waals surface area contributed by atoms with Gasteiger partial charge in [-0.05, 0) is 11.1 Å². The summed E-state index contributed by atoms with van der Waals surface area (Å²) in [7, 11) is 1.66. The van der Waals surface area contributed by atoms with E-state index in [1.165, 1.54) is 0 Å². The first kappa shape index (κ1) is 24.8. The number of nitrogens with zero attached hydrogens (tertiary/aromatic N) is 5. The molecule has 196 valence electrons. The van der Waals surface area contributed by atoms with Crippen LogP contribution in [0.2, 0.25) is 0 Å². The molecule has 38 heavy (non-hydrogen) atoms. The van der Waals surface area contributed by atoms with Gasteiger partial charge in [-0.3, -0.25) is 0 Å². The number of hydrogen-bond donors (Lipinski definition) is 2. The fraction of sp³-hybridized carbons (Fsp3) is 0.385. The van der Waals surface area contributed by atoms with E-state index >= 15 is 8.78 Å². The fourth-order valence-corrected chi connectivity index (χ4v) is 6.37. The summed E-state index contributed by atoms with van der Waals surface area (Å²) in [5, 5.41) is 14.1. The number of nitriles is 1. The Morgan fingerprint density at radius 2 is 2.00 bits per heavy atom. The third-order valence-electron chi connectivity index (χ3n) is 7.15. The number of nitrogens with two attached hydrogens (primary N) is 1. The average molecular weight is 538 g/mol. The van der Waals surface area contributed by atoms with Gasteiger partial charge in [0.15, 0.2) is 5.82 Å². The molecule has 0 amide bonds. The third kappa shape index (κ3) is 3.77. The Morgan fingerprint density at radius 3 is 2.74 bits per heavy atom. The van der Waals surface area contributed by atoms with Crippen LogP contribution in [-0.4, -0.2) is 53.3 Å². The molecular formula is C26H25F2N7O2S. The first-order valence-corrected chi connectivity index (χ1v) is 13.0. The Balaban J connectivity index is 1.56. The Bertz CT molecular complexity index is 1630. The highest BCUT2D eigenvalue weighted by Gasteiger charge is 2.35. The quantitative estimate of drug-likeness (QED) is 0.391. The van der Waals surface area contributed by atoms with Gasteiger partial charge in [0.05, 0.1) is 37.1 Å². The third-order valence-corrected chi connectivity index (χ3v) is 8.08. The van der Waals surface area contributed by atoms with Gasteiger partial charge in [0.1, 0.15) is 27.2 Å². The predicted molar refractivity (Wildman–Crippen MR) is 141 cm³/mol. The van der Waals surface area contributed by atoms with Crippen molar-refractivity contribution in [1.29, 1.82) is 5.26 Å². The second-order valence-electron chi connectivity index (χ2n) is 9.79. The molecule has 0 saturated carbocycles. The van der Waals surface area contributed by atoms with Crippen LogP contribution in [0.3, 0.4) is 0 Å². The molecule has 3 aromatic heterocycles. The Kier molecular flexibility index (Phi) is 6.11. The zero-order chi connectivity index (χ0) is 26.7. The lowest BCUT2D eigenvalue weighted by Gasteiger charge is -2.20. The molecule has 9 nitrogen and oxygen atoms in total. The number of aromatic nitrogens is 3. The van der Waals surface area contributed by atoms with Crippen molar-refractivity contribution in [1.82, 2.24) is 20.3 Å². The van der Waals surface area contributed by atoms with Gasteiger partial charge in [-0.1, -0.05) is 25.2 Å². The van der Waals surface area contributed by atoms with Gasteiger partial charge in [0.25, 0.3) is 0 Å². The van der Waals surface area contributed by atoms with E-state index in [0.29, 0.717) is 40.4 Å². The summed E-state index contributed by atoms with van der Waals surface area (Å²) in [4.78, 5) is 15.6. The number of fused-ring (bicyclic) bond motifs is 4. The number of hydrogen-bond acceptors (Lipinski definition) is 10. The molecule has 2 atom stereocenters. The van der Waals surface area contributed by atoms with E-state index in [1.54, 1.807) is 13.3 Å². The van der Waals surface area contributed by atoms with E-state index in [1.807, 2.05) is 11.0 Å². The summed E-state index contributed by atoms with van der Waals surface area (Å²) in [6, 6.07) is 2.34. The highest BCUT2D eigenvalue weighted by Crippen LogP contribution is 2.45. The summed E-state index contributed by atoms with van der Waals surface area (Å²) in [6.07, 6.45) is 2.55. The van der Waals surface area contributed by atoms with Crippen molar-refractivity contribution in [3.05, 3.63) is 40.7 Å². The van der Waals surface area contributed by atoms with E-state index in [0.717, 1.165) is 17.5 Å². The van der Waals surface area contributed by atoms with Crippen LogP contribution in [0.1, 0.15) is 30.5 Å². The molecule has 1 fully saturated rings. The van der Waals surface area contributed by atoms with Crippen LogP contribution in [0.4, 0.5) is 19.7 Å². The number of nitrogen functional groups attached to an aromatic ring is 1. The van der Waals surface area contributed by atoms with Crippen LogP contribution in [0.25, 0.3) is 32.2 Å². The molecule has 1 aromatic carbocycles. The van der Waals surface area contributed by atoms with E-state index < -0.39 is 11.6 Å². The normalized spacial score (nSPS) is 19.1. The van der Waals surface area contributed by atoms with Crippen LogP contribution in [-0.2, 0) is 22.7 Å². The van der Waals surface area contributed by atoms with Gasteiger partial charge < -0.3 is 25.4 Å². The van der Waals surface area contributed by atoms with E-state index in [-0.39, 0.29) is 64.0 Å². The summed E-state index contributed by atoms with van der Waals surface area (Å²) >= 11 is 1.06. The SMILES string of the molecule is CO[C@H]1CN(c2ncc3c4c(c(-c5c(F)cnc6sc(N)c(C#N)c56)c(F)c3n2)COC4)C[C@H]1NC(C)C. The smallest absolute Gasteiger partial charge is 0.226 e. The Hall–Kier alpha value is -3.50. The van der Waals surface area contributed by atoms with Crippen molar-refractivity contribution in [2.45, 2.75) is 45.2 Å². The van der Waals surface area contributed by atoms with Crippen molar-refractivity contribution >= 4 is 43.4 Å². The standard InChI is InChI=1S/C26H25F2N7O2S/c1-11(2)33-17-7-35(8-18(17)36-3)26-32-5-13-14-9-37-10-15(14)19(22(28)23(13)34-26)21-16(27)6-31-25-20(21)12(4-29)24(30)38-25/h5-6,11,17-18,33H,7-10,30H2,1-3H3/t17-,18+/m1/s1. The van der Waals surface area contributed by atoms with Crippen LogP contribution >= 0.6 is 11.3 Å². The molecule has 0 unspecified atom stereocenters. The van der Waals surface area contributed by atoms with Crippen molar-refractivity contribution in [2.24, 2.45) is 0 Å². The van der Waals surface area contributed by atoms with Crippen molar-refractivity contribution in [3.63, 3.8) is 0 Å². The number of thiophene rings is 1. The molecule has 1 saturated heterocycles. The Labute approximate surface area is 221 Å². The molecule has 2 aliphatic heterocycles. The first-order chi connectivity index (χ1) is 18.3. The number of nitrogens with one attached hydrogen (secondary N) is 1. The van der Waals surface area contributed by atoms with Crippen LogP contribution in [0.15, 0.2) is 12.4 Å². The van der Waals surface area contributed by atoms with E-state index in [2.05, 4.69) is 34.1 Å². The lowest BCUT2D eigenvalue weighted by Crippen LogP contribution is -2.43. The number of methoxy groups -OCH3 is 1. The second-order valence-corrected chi connectivity index (χ2v) is 10.8. The second kappa shape index (κ2) is 9.36. The maximum absolute atomic E-state index is 16.5. The summed E-state index contributed by atoms with van der Waals surface area (Å²) < 4.78 is 43.3. The zero-order valence-electron chi connectivity index (χ0n) is 21.0. The van der Waals surface area contributed by atoms with Crippen LogP contribution < -0.4 is 16.0 Å². The summed E-state index contributed by atoms with van der Waals surface area (Å²) in [5.41, 5.74) is 7.34. The zero-order valence-corrected chi connectivity index (χ0v) is 21.8. The van der Waals surface area contributed by atoms with Gasteiger partial charge in [0.2, 0.25) is 5.95 Å². The minimum Gasteiger partial charge on any atom is -0.389 e. The van der Waals surface area contributed by atoms with Gasteiger partial charge in [-0.25, -0.2) is 23.7 Å². The monoisotopic (exact) mass is 537 g/mol. The van der Waals surface area contributed by atoms with E-state index in [9.17, 15) is 5.26 Å². The van der Waals surface area contributed by atoms with Crippen molar-refractivity contribution in [3.8, 4) is 17.2 Å². The minimum atomic E-state index is -0.751. The molecule has 0 bridgehead atoms. The molecule has 0 aliphatic carbocycles. The number of ether oxygens (including phenoxy) is 2. The van der Waals surface area contributed by atoms with Crippen molar-refractivity contribution in [2.75, 3.05) is 30.8 Å². The molecule has 0 radical (unpaired) electrons. The molecule has 4 aromatic rings. The number of benzene rings is 1. The number of halogens is 2. The molecule has 6 rings (SSSR count). The van der Waals surface area contributed by atoms with Gasteiger partial charge in [-0.15, -0.1) is 0 Å². The average Bonchev–Trinajstić information content (AvgIpc) is 3.61. The molecule has 2 aliphatic rings. The topological polar surface area (TPSA) is 122 Å². The highest BCUT2D eigenvalue weighted by molar-refractivity contribution is 7.22. The molecule has 12 heteroatoms. The summed E-state index contributed by atoms with van der Waals surface area (Å²) in [6.45, 7) is 5.56. The molecule has 0 spiro atoms. The largest absolute Gasteiger partial charge is 0.389 e. The summed E-state index contributed by atoms with van der Waals surface area (Å²) in [5.74, 6) is -1.10. The van der Waals surface area contributed by atoms with Gasteiger partial charge in [-0.2, -0.15) is 5.26 Å². The maximum Gasteiger partial charge on any atom is 0.226 e. The lowest BCUT2D eigenvalue weighted by molar-refractivity contribution is 0.0946. The van der Waals surface area contributed by atoms with Crippen LogP contribution in [0, 0.1) is 23.0 Å². The molecule has 5 heterocycles. The molecular weight excluding hydrogens is 512 g/mol. The number of anilines is 2. The number of rotatable bonds is 5. The highest BCUT2D eigenvalue weighted by atomic mass is 32.1. The minimum absolute atomic E-state index is 0.0180. The maximum atomic E-state index is 16.5. The fourth-order valence-electron chi connectivity index (χ4n) is 5.50. The predicted octanol–water partition coefficient (Wildman–Crippen LogP) is 3.87. The van der Waals surface area contributed by atoms with Crippen LogP contribution in [0.5, 0.6) is 0 Å².